The molecule has 4 rings (SSSR count). The van der Waals surface area contributed by atoms with Crippen molar-refractivity contribution in [3.8, 4) is 0 Å². The highest BCUT2D eigenvalue weighted by molar-refractivity contribution is 5.91. The minimum Gasteiger partial charge on any atom is -0.480 e. The molecular weight excluding hydrogens is 570 g/mol. The third-order valence-corrected chi connectivity index (χ3v) is 8.67. The molecule has 238 valence electrons. The summed E-state index contributed by atoms with van der Waals surface area (Å²) in [6, 6.07) is 17.8. The maximum Gasteiger partial charge on any atom is 0.328 e. The Balaban J connectivity index is 1.53. The lowest BCUT2D eigenvalue weighted by Gasteiger charge is -2.56. The molecule has 1 saturated heterocycles. The fourth-order valence-corrected chi connectivity index (χ4v) is 6.32. The first-order valence-electron chi connectivity index (χ1n) is 15.1. The van der Waals surface area contributed by atoms with Crippen LogP contribution < -0.4 is 10.9 Å². The normalized spacial score (nSPS) is 18.7. The number of hydrogen-bond acceptors (Lipinski definition) is 7. The molecule has 1 amide bonds. The molecule has 3 atom stereocenters. The zero-order chi connectivity index (χ0) is 32.8. The summed E-state index contributed by atoms with van der Waals surface area (Å²) in [7, 11) is 0. The van der Waals surface area contributed by atoms with Gasteiger partial charge in [0.25, 0.3) is 5.91 Å². The van der Waals surface area contributed by atoms with Crippen molar-refractivity contribution in [1.82, 2.24) is 20.4 Å². The van der Waals surface area contributed by atoms with Gasteiger partial charge in [-0.05, 0) is 81.5 Å². The molecule has 3 aromatic rings. The van der Waals surface area contributed by atoms with Gasteiger partial charge in [0, 0.05) is 47.9 Å². The molecule has 10 heteroatoms. The van der Waals surface area contributed by atoms with Crippen molar-refractivity contribution < 1.29 is 24.6 Å². The number of carboxylic acid groups (broad SMARTS) is 2. The van der Waals surface area contributed by atoms with E-state index in [4.69, 9.17) is 0 Å². The van der Waals surface area contributed by atoms with E-state index in [9.17, 15) is 24.6 Å². The van der Waals surface area contributed by atoms with Gasteiger partial charge in [0.2, 0.25) is 0 Å². The highest BCUT2D eigenvalue weighted by atomic mass is 16.4. The lowest BCUT2D eigenvalue weighted by molar-refractivity contribution is -0.154. The molecule has 0 radical (unpaired) electrons. The van der Waals surface area contributed by atoms with E-state index >= 15 is 0 Å². The Kier molecular flexibility index (Phi) is 10.4. The third-order valence-electron chi connectivity index (χ3n) is 8.67. The van der Waals surface area contributed by atoms with E-state index in [1.165, 1.54) is 5.56 Å². The van der Waals surface area contributed by atoms with E-state index in [0.29, 0.717) is 5.56 Å². The van der Waals surface area contributed by atoms with Crippen LogP contribution in [0.2, 0.25) is 0 Å². The van der Waals surface area contributed by atoms with Crippen LogP contribution in [0.1, 0.15) is 63.1 Å². The zero-order valence-electron chi connectivity index (χ0n) is 26.3. The maximum atomic E-state index is 12.9. The van der Waals surface area contributed by atoms with E-state index in [0.717, 1.165) is 35.2 Å². The standard InChI is InChI=1S/C35H43N5O5/c1-6-31(41)39(38-29(32(42)43)21-24-11-8-7-9-12-24)30(33(44)45)22-25-14-16-27(17-15-25)37-40-34(2,3)19-18-28(35(40,4)5)26-13-10-20-36-23-26/h6-17,20,23,28-30,37-38H,1,18-19,21-22H2,2-5H3,(H,42,43)(H,44,45)/t28?,29-,30-/m0/s1. The summed E-state index contributed by atoms with van der Waals surface area (Å²) in [5.74, 6) is -2.96. The van der Waals surface area contributed by atoms with Crippen LogP contribution >= 0.6 is 0 Å². The molecule has 0 bridgehead atoms. The molecule has 1 unspecified atom stereocenters. The highest BCUT2D eigenvalue weighted by Gasteiger charge is 2.48. The number of benzene rings is 2. The molecule has 1 aromatic heterocycles. The Morgan fingerprint density at radius 3 is 2.22 bits per heavy atom. The van der Waals surface area contributed by atoms with Crippen LogP contribution in [0.4, 0.5) is 5.69 Å². The predicted octanol–water partition coefficient (Wildman–Crippen LogP) is 5.06. The smallest absolute Gasteiger partial charge is 0.328 e. The summed E-state index contributed by atoms with van der Waals surface area (Å²) >= 11 is 0. The summed E-state index contributed by atoms with van der Waals surface area (Å²) in [6.45, 7) is 12.4. The number of carboxylic acids is 2. The Labute approximate surface area is 264 Å². The number of carbonyl (C=O) groups excluding carboxylic acids is 1. The highest BCUT2D eigenvalue weighted by Crippen LogP contribution is 2.46. The molecular formula is C35H43N5O5. The fraction of sp³-hybridized carbons (Fsp3) is 0.371. The molecule has 45 heavy (non-hydrogen) atoms. The lowest BCUT2D eigenvalue weighted by Crippen LogP contribution is -2.63. The van der Waals surface area contributed by atoms with Crippen molar-refractivity contribution in [3.63, 3.8) is 0 Å². The quantitative estimate of drug-likeness (QED) is 0.154. The molecule has 0 saturated carbocycles. The first kappa shape index (κ1) is 33.4. The number of anilines is 1. The van der Waals surface area contributed by atoms with E-state index in [1.54, 1.807) is 30.5 Å². The molecule has 10 nitrogen and oxygen atoms in total. The minimum absolute atomic E-state index is 0.0502. The SMILES string of the molecule is C=CC(=O)N(N[C@@H](Cc1ccccc1)C(=O)O)[C@@H](Cc1ccc(NN2C(C)(C)CCC(c3cccnc3)C2(C)C)cc1)C(=O)O. The van der Waals surface area contributed by atoms with Crippen molar-refractivity contribution in [3.05, 3.63) is 108 Å². The Morgan fingerprint density at radius 1 is 0.978 bits per heavy atom. The maximum absolute atomic E-state index is 12.9. The number of piperidine rings is 1. The van der Waals surface area contributed by atoms with Gasteiger partial charge < -0.3 is 15.6 Å². The summed E-state index contributed by atoms with van der Waals surface area (Å²) < 4.78 is 0. The van der Waals surface area contributed by atoms with E-state index < -0.39 is 29.9 Å². The van der Waals surface area contributed by atoms with Gasteiger partial charge in [0.05, 0.1) is 0 Å². The number of pyridine rings is 1. The summed E-state index contributed by atoms with van der Waals surface area (Å²) in [4.78, 5) is 41.8. The summed E-state index contributed by atoms with van der Waals surface area (Å²) in [5, 5.41) is 23.2. The van der Waals surface area contributed by atoms with Crippen molar-refractivity contribution in [2.75, 3.05) is 5.43 Å². The zero-order valence-corrected chi connectivity index (χ0v) is 26.3. The number of amides is 1. The number of aliphatic carboxylic acids is 2. The van der Waals surface area contributed by atoms with Crippen LogP contribution in [-0.4, -0.2) is 66.2 Å². The van der Waals surface area contributed by atoms with E-state index in [1.807, 2.05) is 42.6 Å². The Bertz CT molecular complexity index is 1480. The monoisotopic (exact) mass is 613 g/mol. The summed E-state index contributed by atoms with van der Waals surface area (Å²) in [6.07, 6.45) is 6.70. The van der Waals surface area contributed by atoms with Crippen LogP contribution in [0.3, 0.4) is 0 Å². The van der Waals surface area contributed by atoms with Crippen LogP contribution in [-0.2, 0) is 27.2 Å². The number of nitrogens with one attached hydrogen (secondary N) is 2. The van der Waals surface area contributed by atoms with Gasteiger partial charge in [-0.1, -0.05) is 55.1 Å². The van der Waals surface area contributed by atoms with E-state index in [-0.39, 0.29) is 29.8 Å². The number of carbonyl (C=O) groups is 3. The van der Waals surface area contributed by atoms with Crippen LogP contribution in [0.25, 0.3) is 0 Å². The first-order valence-corrected chi connectivity index (χ1v) is 15.1. The van der Waals surface area contributed by atoms with E-state index in [2.05, 4.69) is 61.2 Å². The van der Waals surface area contributed by atoms with Gasteiger partial charge in [-0.15, -0.1) is 0 Å². The molecule has 0 aliphatic carbocycles. The second-order valence-corrected chi connectivity index (χ2v) is 12.7. The molecule has 4 N–H and O–H groups in total. The van der Waals surface area contributed by atoms with Gasteiger partial charge in [0.1, 0.15) is 12.1 Å². The second-order valence-electron chi connectivity index (χ2n) is 12.7. The van der Waals surface area contributed by atoms with Crippen LogP contribution in [0.15, 0.2) is 91.8 Å². The van der Waals surface area contributed by atoms with Gasteiger partial charge in [-0.25, -0.2) is 15.2 Å². The predicted molar refractivity (Wildman–Crippen MR) is 173 cm³/mol. The first-order chi connectivity index (χ1) is 21.3. The number of hydrogen-bond donors (Lipinski definition) is 4. The topological polar surface area (TPSA) is 135 Å². The average Bonchev–Trinajstić information content (AvgIpc) is 3.01. The van der Waals surface area contributed by atoms with Crippen LogP contribution in [0.5, 0.6) is 0 Å². The van der Waals surface area contributed by atoms with Gasteiger partial charge in [0.15, 0.2) is 0 Å². The average molecular weight is 614 g/mol. The molecule has 1 aliphatic rings. The number of hydrazine groups is 2. The fourth-order valence-electron chi connectivity index (χ4n) is 6.32. The Morgan fingerprint density at radius 2 is 1.64 bits per heavy atom. The largest absolute Gasteiger partial charge is 0.480 e. The van der Waals surface area contributed by atoms with Gasteiger partial charge >= 0.3 is 11.9 Å². The molecule has 1 aliphatic heterocycles. The number of rotatable bonds is 13. The second kappa shape index (κ2) is 14.0. The molecule has 2 aromatic carbocycles. The Hall–Kier alpha value is -4.54. The lowest BCUT2D eigenvalue weighted by atomic mass is 9.71. The molecule has 0 spiro atoms. The molecule has 2 heterocycles. The van der Waals surface area contributed by atoms with Crippen molar-refractivity contribution in [1.29, 1.82) is 0 Å². The van der Waals surface area contributed by atoms with Crippen LogP contribution in [0, 0.1) is 0 Å². The van der Waals surface area contributed by atoms with Gasteiger partial charge in [-0.2, -0.15) is 0 Å². The van der Waals surface area contributed by atoms with Crippen molar-refractivity contribution >= 4 is 23.5 Å². The third kappa shape index (κ3) is 7.95. The van der Waals surface area contributed by atoms with Crippen molar-refractivity contribution in [2.45, 2.75) is 82.5 Å². The molecule has 1 fully saturated rings. The number of nitrogens with zero attached hydrogens (tertiary/aromatic N) is 3. The van der Waals surface area contributed by atoms with Gasteiger partial charge in [-0.3, -0.25) is 19.6 Å². The van der Waals surface area contributed by atoms with Crippen molar-refractivity contribution in [2.24, 2.45) is 0 Å². The minimum atomic E-state index is -1.38. The summed E-state index contributed by atoms with van der Waals surface area (Å²) in [5.41, 5.74) is 9.31. The number of aromatic nitrogens is 1.